The molecule has 0 aromatic carbocycles. The molecule has 0 unspecified atom stereocenters. The van der Waals surface area contributed by atoms with Gasteiger partial charge in [-0.2, -0.15) is 5.10 Å². The van der Waals surface area contributed by atoms with Crippen LogP contribution in [0.2, 0.25) is 0 Å². The van der Waals surface area contributed by atoms with Crippen LogP contribution >= 0.6 is 0 Å². The van der Waals surface area contributed by atoms with Crippen molar-refractivity contribution in [1.82, 2.24) is 9.78 Å². The highest BCUT2D eigenvalue weighted by atomic mass is 16.1. The first-order chi connectivity index (χ1) is 6.18. The molecule has 1 aromatic rings. The Bertz CT molecular complexity index is 343. The number of hydrogen-bond acceptors (Lipinski definition) is 2. The summed E-state index contributed by atoms with van der Waals surface area (Å²) in [7, 11) is 1.90. The predicted molar refractivity (Wildman–Crippen MR) is 47.9 cm³/mol. The number of amides is 1. The summed E-state index contributed by atoms with van der Waals surface area (Å²) in [5.74, 6) is -0.185. The summed E-state index contributed by atoms with van der Waals surface area (Å²) in [5, 5.41) is 4.16. The summed E-state index contributed by atoms with van der Waals surface area (Å²) >= 11 is 0. The van der Waals surface area contributed by atoms with Gasteiger partial charge >= 0.3 is 0 Å². The number of nitrogens with two attached hydrogens (primary N) is 1. The number of primary amides is 1. The molecular weight excluding hydrogens is 166 g/mol. The summed E-state index contributed by atoms with van der Waals surface area (Å²) in [6, 6.07) is 0. The average Bonchev–Trinajstić information content (AvgIpc) is 2.47. The average molecular weight is 179 g/mol. The highest BCUT2D eigenvalue weighted by Crippen LogP contribution is 2.24. The highest BCUT2D eigenvalue weighted by Gasteiger charge is 2.24. The lowest BCUT2D eigenvalue weighted by Gasteiger charge is -2.19. The molecular formula is C9H13N3O. The maximum Gasteiger partial charge on any atom is 0.220 e. The molecule has 1 heterocycles. The summed E-state index contributed by atoms with van der Waals surface area (Å²) in [4.78, 5) is 11.0. The Morgan fingerprint density at radius 2 is 2.54 bits per heavy atom. The lowest BCUT2D eigenvalue weighted by Crippen LogP contribution is -2.29. The smallest absolute Gasteiger partial charge is 0.220 e. The molecule has 2 N–H and O–H groups in total. The normalized spacial score (nSPS) is 21.2. The van der Waals surface area contributed by atoms with Crippen LogP contribution in [0, 0.1) is 5.92 Å². The van der Waals surface area contributed by atoms with Gasteiger partial charge in [-0.05, 0) is 18.4 Å². The molecule has 1 aliphatic carbocycles. The van der Waals surface area contributed by atoms with Crippen molar-refractivity contribution < 1.29 is 4.79 Å². The van der Waals surface area contributed by atoms with E-state index < -0.39 is 0 Å². The van der Waals surface area contributed by atoms with Crippen molar-refractivity contribution in [3.8, 4) is 0 Å². The molecule has 2 rings (SSSR count). The second kappa shape index (κ2) is 2.87. The monoisotopic (exact) mass is 179 g/mol. The summed E-state index contributed by atoms with van der Waals surface area (Å²) in [5.41, 5.74) is 7.70. The number of aryl methyl sites for hydroxylation is 2. The fourth-order valence-corrected chi connectivity index (χ4v) is 1.89. The summed E-state index contributed by atoms with van der Waals surface area (Å²) < 4.78 is 1.84. The van der Waals surface area contributed by atoms with E-state index in [-0.39, 0.29) is 11.8 Å². The Balaban J connectivity index is 2.27. The largest absolute Gasteiger partial charge is 0.369 e. The van der Waals surface area contributed by atoms with Crippen LogP contribution < -0.4 is 5.73 Å². The summed E-state index contributed by atoms with van der Waals surface area (Å²) in [6.07, 6.45) is 4.43. The molecule has 0 spiro atoms. The van der Waals surface area contributed by atoms with Gasteiger partial charge in [-0.15, -0.1) is 0 Å². The van der Waals surface area contributed by atoms with Crippen LogP contribution in [-0.2, 0) is 24.7 Å². The fraction of sp³-hybridized carbons (Fsp3) is 0.556. The second-order valence-electron chi connectivity index (χ2n) is 3.58. The zero-order chi connectivity index (χ0) is 9.42. The maximum absolute atomic E-state index is 11.0. The number of carbonyl (C=O) groups is 1. The number of rotatable bonds is 1. The van der Waals surface area contributed by atoms with Crippen molar-refractivity contribution in [2.45, 2.75) is 19.3 Å². The molecule has 13 heavy (non-hydrogen) atoms. The molecule has 0 saturated heterocycles. The quantitative estimate of drug-likeness (QED) is 0.660. The van der Waals surface area contributed by atoms with Gasteiger partial charge in [0, 0.05) is 25.1 Å². The molecule has 0 aliphatic heterocycles. The first-order valence-electron chi connectivity index (χ1n) is 4.47. The van der Waals surface area contributed by atoms with E-state index in [1.807, 2.05) is 17.9 Å². The Hall–Kier alpha value is -1.32. The van der Waals surface area contributed by atoms with Crippen LogP contribution in [0.4, 0.5) is 0 Å². The van der Waals surface area contributed by atoms with Gasteiger partial charge in [-0.3, -0.25) is 9.48 Å². The van der Waals surface area contributed by atoms with Gasteiger partial charge in [0.15, 0.2) is 0 Å². The van der Waals surface area contributed by atoms with Crippen molar-refractivity contribution in [2.24, 2.45) is 18.7 Å². The molecule has 0 saturated carbocycles. The Morgan fingerprint density at radius 1 is 1.77 bits per heavy atom. The minimum atomic E-state index is -0.188. The van der Waals surface area contributed by atoms with Gasteiger partial charge in [0.1, 0.15) is 0 Å². The minimum Gasteiger partial charge on any atom is -0.369 e. The lowest BCUT2D eigenvalue weighted by atomic mass is 9.87. The van der Waals surface area contributed by atoms with Gasteiger partial charge in [0.05, 0.1) is 6.20 Å². The van der Waals surface area contributed by atoms with Crippen LogP contribution in [0.5, 0.6) is 0 Å². The predicted octanol–water partition coefficient (Wildman–Crippen LogP) is 0.0103. The molecule has 1 amide bonds. The standard InChI is InChI=1S/C9H13N3O/c1-12-8-4-6(9(10)13)2-3-7(8)5-11-12/h5-6H,2-4H2,1H3,(H2,10,13)/t6-/m1/s1. The van der Waals surface area contributed by atoms with E-state index in [1.54, 1.807) is 0 Å². The fourth-order valence-electron chi connectivity index (χ4n) is 1.89. The number of carbonyl (C=O) groups excluding carboxylic acids is 1. The van der Waals surface area contributed by atoms with E-state index in [9.17, 15) is 4.79 Å². The molecule has 1 atom stereocenters. The molecule has 0 bridgehead atoms. The van der Waals surface area contributed by atoms with Gasteiger partial charge in [0.2, 0.25) is 5.91 Å². The van der Waals surface area contributed by atoms with Crippen LogP contribution in [0.3, 0.4) is 0 Å². The van der Waals surface area contributed by atoms with E-state index in [2.05, 4.69) is 5.10 Å². The van der Waals surface area contributed by atoms with Crippen molar-refractivity contribution >= 4 is 5.91 Å². The third-order valence-corrected chi connectivity index (χ3v) is 2.75. The van der Waals surface area contributed by atoms with Crippen molar-refractivity contribution in [3.05, 3.63) is 17.5 Å². The van der Waals surface area contributed by atoms with Crippen molar-refractivity contribution in [3.63, 3.8) is 0 Å². The lowest BCUT2D eigenvalue weighted by molar-refractivity contribution is -0.122. The van der Waals surface area contributed by atoms with E-state index in [4.69, 9.17) is 5.73 Å². The number of hydrogen-bond donors (Lipinski definition) is 1. The van der Waals surface area contributed by atoms with Gasteiger partial charge < -0.3 is 5.73 Å². The third-order valence-electron chi connectivity index (χ3n) is 2.75. The van der Waals surface area contributed by atoms with Crippen molar-refractivity contribution in [1.29, 1.82) is 0 Å². The van der Waals surface area contributed by atoms with Crippen molar-refractivity contribution in [2.75, 3.05) is 0 Å². The number of fused-ring (bicyclic) bond motifs is 1. The molecule has 4 heteroatoms. The Morgan fingerprint density at radius 3 is 3.23 bits per heavy atom. The SMILES string of the molecule is Cn1ncc2c1C[C@H](C(N)=O)CC2. The molecule has 1 aliphatic rings. The molecule has 70 valence electrons. The van der Waals surface area contributed by atoms with E-state index in [0.717, 1.165) is 25.0 Å². The second-order valence-corrected chi connectivity index (χ2v) is 3.58. The number of nitrogens with zero attached hydrogens (tertiary/aromatic N) is 2. The van der Waals surface area contributed by atoms with Crippen LogP contribution in [-0.4, -0.2) is 15.7 Å². The van der Waals surface area contributed by atoms with Gasteiger partial charge in [-0.1, -0.05) is 0 Å². The zero-order valence-corrected chi connectivity index (χ0v) is 7.66. The molecule has 0 fully saturated rings. The zero-order valence-electron chi connectivity index (χ0n) is 7.66. The molecule has 4 nitrogen and oxygen atoms in total. The first kappa shape index (κ1) is 8.29. The van der Waals surface area contributed by atoms with E-state index >= 15 is 0 Å². The highest BCUT2D eigenvalue weighted by molar-refractivity contribution is 5.77. The topological polar surface area (TPSA) is 60.9 Å². The minimum absolute atomic E-state index is 0.00269. The Kier molecular flexibility index (Phi) is 1.83. The molecule has 1 aromatic heterocycles. The van der Waals surface area contributed by atoms with E-state index in [1.165, 1.54) is 5.56 Å². The number of aromatic nitrogens is 2. The van der Waals surface area contributed by atoms with Crippen LogP contribution in [0.15, 0.2) is 6.20 Å². The Labute approximate surface area is 76.7 Å². The van der Waals surface area contributed by atoms with E-state index in [0.29, 0.717) is 0 Å². The molecule has 0 radical (unpaired) electrons. The van der Waals surface area contributed by atoms with Gasteiger partial charge in [0.25, 0.3) is 0 Å². The first-order valence-corrected chi connectivity index (χ1v) is 4.47. The maximum atomic E-state index is 11.0. The summed E-state index contributed by atoms with van der Waals surface area (Å²) in [6.45, 7) is 0. The van der Waals surface area contributed by atoms with Crippen LogP contribution in [0.25, 0.3) is 0 Å². The van der Waals surface area contributed by atoms with Crippen LogP contribution in [0.1, 0.15) is 17.7 Å². The third kappa shape index (κ3) is 1.32. The van der Waals surface area contributed by atoms with Gasteiger partial charge in [-0.25, -0.2) is 0 Å².